The average molecular weight is 449 g/mol. The van der Waals surface area contributed by atoms with Gasteiger partial charge >= 0.3 is 0 Å². The van der Waals surface area contributed by atoms with E-state index in [1.165, 1.54) is 25.7 Å². The average Bonchev–Trinajstić information content (AvgIpc) is 2.66. The lowest BCUT2D eigenvalue weighted by atomic mass is 10.2. The zero-order valence-electron chi connectivity index (χ0n) is 15.5. The number of amides is 1. The van der Waals surface area contributed by atoms with Crippen LogP contribution in [0, 0.1) is 0 Å². The van der Waals surface area contributed by atoms with Crippen molar-refractivity contribution in [2.24, 2.45) is 0 Å². The predicted molar refractivity (Wildman–Crippen MR) is 119 cm³/mol. The van der Waals surface area contributed by atoms with Crippen LogP contribution in [0.5, 0.6) is 5.75 Å². The Morgan fingerprint density at radius 3 is 2.52 bits per heavy atom. The smallest absolute Gasteiger partial charge is 0.257 e. The molecule has 2 aromatic rings. The molecule has 0 spiro atoms. The Hall–Kier alpha value is -1.92. The highest BCUT2D eigenvalue weighted by Gasteiger charge is 2.08. The monoisotopic (exact) mass is 448 g/mol. The molecule has 144 valence electrons. The minimum Gasteiger partial charge on any atom is -0.494 e. The molecule has 0 saturated heterocycles. The summed E-state index contributed by atoms with van der Waals surface area (Å²) in [6, 6.07) is 14.7. The summed E-state index contributed by atoms with van der Waals surface area (Å²) in [6.07, 6.45) is 6.09. The van der Waals surface area contributed by atoms with Gasteiger partial charge in [-0.1, -0.05) is 54.6 Å². The normalized spacial score (nSPS) is 10.3. The quantitative estimate of drug-likeness (QED) is 0.368. The summed E-state index contributed by atoms with van der Waals surface area (Å²) < 4.78 is 6.59. The van der Waals surface area contributed by atoms with E-state index in [4.69, 9.17) is 17.0 Å². The van der Waals surface area contributed by atoms with Gasteiger partial charge in [0, 0.05) is 15.7 Å². The zero-order valence-corrected chi connectivity index (χ0v) is 17.9. The Kier molecular flexibility index (Phi) is 9.28. The topological polar surface area (TPSA) is 50.4 Å². The first-order valence-electron chi connectivity index (χ1n) is 9.19. The third-order valence-electron chi connectivity index (χ3n) is 3.94. The van der Waals surface area contributed by atoms with Crippen LogP contribution in [0.4, 0.5) is 5.69 Å². The van der Waals surface area contributed by atoms with Gasteiger partial charge in [0.25, 0.3) is 5.91 Å². The van der Waals surface area contributed by atoms with Gasteiger partial charge < -0.3 is 10.1 Å². The summed E-state index contributed by atoms with van der Waals surface area (Å²) >= 11 is 8.56. The maximum absolute atomic E-state index is 12.2. The third-order valence-corrected chi connectivity index (χ3v) is 4.64. The lowest BCUT2D eigenvalue weighted by molar-refractivity contribution is 0.0977. The summed E-state index contributed by atoms with van der Waals surface area (Å²) in [5.74, 6) is 0.581. The fourth-order valence-corrected chi connectivity index (χ4v) is 3.11. The summed E-state index contributed by atoms with van der Waals surface area (Å²) in [5.41, 5.74) is 1.33. The minimum absolute atomic E-state index is 0.253. The highest BCUT2D eigenvalue weighted by molar-refractivity contribution is 9.10. The minimum atomic E-state index is -0.253. The summed E-state index contributed by atoms with van der Waals surface area (Å²) in [4.78, 5) is 12.2. The number of unbranched alkanes of at least 4 members (excludes halogenated alkanes) is 4. The lowest BCUT2D eigenvalue weighted by Gasteiger charge is -2.11. The van der Waals surface area contributed by atoms with E-state index >= 15 is 0 Å². The number of nitrogens with one attached hydrogen (secondary N) is 2. The van der Waals surface area contributed by atoms with Crippen molar-refractivity contribution in [3.63, 3.8) is 0 Å². The number of hydrogen-bond donors (Lipinski definition) is 2. The second kappa shape index (κ2) is 11.7. The largest absolute Gasteiger partial charge is 0.494 e. The molecule has 0 radical (unpaired) electrons. The van der Waals surface area contributed by atoms with Crippen LogP contribution in [0.15, 0.2) is 53.0 Å². The van der Waals surface area contributed by atoms with Crippen LogP contribution in [0.3, 0.4) is 0 Å². The van der Waals surface area contributed by atoms with Crippen molar-refractivity contribution in [1.29, 1.82) is 0 Å². The molecule has 27 heavy (non-hydrogen) atoms. The molecule has 4 nitrogen and oxygen atoms in total. The van der Waals surface area contributed by atoms with Crippen LogP contribution in [-0.4, -0.2) is 17.6 Å². The van der Waals surface area contributed by atoms with E-state index in [0.29, 0.717) is 5.56 Å². The van der Waals surface area contributed by atoms with E-state index in [2.05, 4.69) is 33.5 Å². The van der Waals surface area contributed by atoms with Gasteiger partial charge in [0.15, 0.2) is 5.11 Å². The van der Waals surface area contributed by atoms with Gasteiger partial charge in [-0.3, -0.25) is 10.1 Å². The fraction of sp³-hybridized carbons (Fsp3) is 0.333. The van der Waals surface area contributed by atoms with E-state index < -0.39 is 0 Å². The third kappa shape index (κ3) is 8.10. The number of hydrogen-bond acceptors (Lipinski definition) is 3. The standard InChI is InChI=1S/C21H25BrN2O2S/c1-2-3-4-5-6-14-26-19-12-10-18(11-13-19)23-21(27)24-20(25)16-8-7-9-17(22)15-16/h7-13,15H,2-6,14H2,1H3,(H2,23,24,25,27). The molecule has 2 aromatic carbocycles. The molecule has 2 rings (SSSR count). The second-order valence-electron chi connectivity index (χ2n) is 6.21. The SMILES string of the molecule is CCCCCCCOc1ccc(NC(=S)NC(=O)c2cccc(Br)c2)cc1. The van der Waals surface area contributed by atoms with Gasteiger partial charge in [0.2, 0.25) is 0 Å². The van der Waals surface area contributed by atoms with E-state index in [1.807, 2.05) is 30.3 Å². The number of rotatable bonds is 9. The predicted octanol–water partition coefficient (Wildman–Crippen LogP) is 5.93. The first kappa shape index (κ1) is 21.4. The Balaban J connectivity index is 1.75. The van der Waals surface area contributed by atoms with Crippen molar-refractivity contribution in [2.75, 3.05) is 11.9 Å². The molecule has 1 amide bonds. The van der Waals surface area contributed by atoms with Crippen molar-refractivity contribution in [3.8, 4) is 5.75 Å². The van der Waals surface area contributed by atoms with Crippen LogP contribution >= 0.6 is 28.1 Å². The summed E-state index contributed by atoms with van der Waals surface area (Å²) in [5, 5.41) is 5.94. The first-order chi connectivity index (χ1) is 13.1. The Bertz CT molecular complexity index is 750. The lowest BCUT2D eigenvalue weighted by Crippen LogP contribution is -2.34. The van der Waals surface area contributed by atoms with Crippen molar-refractivity contribution in [1.82, 2.24) is 5.32 Å². The maximum Gasteiger partial charge on any atom is 0.257 e. The second-order valence-corrected chi connectivity index (χ2v) is 7.53. The molecule has 0 unspecified atom stereocenters. The summed E-state index contributed by atoms with van der Waals surface area (Å²) in [6.45, 7) is 2.95. The van der Waals surface area contributed by atoms with Crippen molar-refractivity contribution >= 4 is 44.9 Å². The Morgan fingerprint density at radius 2 is 1.81 bits per heavy atom. The van der Waals surface area contributed by atoms with E-state index in [9.17, 15) is 4.79 Å². The number of benzene rings is 2. The number of anilines is 1. The molecular weight excluding hydrogens is 424 g/mol. The number of carbonyl (C=O) groups excluding carboxylic acids is 1. The van der Waals surface area contributed by atoms with Gasteiger partial charge in [-0.15, -0.1) is 0 Å². The molecule has 0 aliphatic carbocycles. The van der Waals surface area contributed by atoms with Crippen LogP contribution in [-0.2, 0) is 0 Å². The van der Waals surface area contributed by atoms with Gasteiger partial charge in [-0.05, 0) is 61.1 Å². The molecule has 0 fully saturated rings. The molecule has 0 aliphatic rings. The molecule has 2 N–H and O–H groups in total. The van der Waals surface area contributed by atoms with Gasteiger partial charge in [0.05, 0.1) is 6.61 Å². The molecule has 0 heterocycles. The van der Waals surface area contributed by atoms with Crippen molar-refractivity contribution in [2.45, 2.75) is 39.0 Å². The maximum atomic E-state index is 12.2. The fourth-order valence-electron chi connectivity index (χ4n) is 2.50. The molecule has 0 aliphatic heterocycles. The van der Waals surface area contributed by atoms with Gasteiger partial charge in [-0.25, -0.2) is 0 Å². The highest BCUT2D eigenvalue weighted by Crippen LogP contribution is 2.16. The molecule has 0 atom stereocenters. The van der Waals surface area contributed by atoms with Crippen molar-refractivity contribution < 1.29 is 9.53 Å². The first-order valence-corrected chi connectivity index (χ1v) is 10.4. The van der Waals surface area contributed by atoms with Crippen LogP contribution < -0.4 is 15.4 Å². The number of halogens is 1. The van der Waals surface area contributed by atoms with Crippen LogP contribution in [0.1, 0.15) is 49.4 Å². The molecular formula is C21H25BrN2O2S. The van der Waals surface area contributed by atoms with Gasteiger partial charge in [-0.2, -0.15) is 0 Å². The van der Waals surface area contributed by atoms with Crippen LogP contribution in [0.2, 0.25) is 0 Å². The number of carbonyl (C=O) groups is 1. The number of thiocarbonyl (C=S) groups is 1. The van der Waals surface area contributed by atoms with Crippen molar-refractivity contribution in [3.05, 3.63) is 58.6 Å². The summed E-state index contributed by atoms with van der Waals surface area (Å²) in [7, 11) is 0. The van der Waals surface area contributed by atoms with Gasteiger partial charge in [0.1, 0.15) is 5.75 Å². The highest BCUT2D eigenvalue weighted by atomic mass is 79.9. The molecule has 0 aromatic heterocycles. The molecule has 0 saturated carbocycles. The molecule has 0 bridgehead atoms. The van der Waals surface area contributed by atoms with Crippen LogP contribution in [0.25, 0.3) is 0 Å². The van der Waals surface area contributed by atoms with E-state index in [1.54, 1.807) is 18.2 Å². The van der Waals surface area contributed by atoms with E-state index in [-0.39, 0.29) is 11.0 Å². The Morgan fingerprint density at radius 1 is 1.07 bits per heavy atom. The number of ether oxygens (including phenoxy) is 1. The zero-order chi connectivity index (χ0) is 19.5. The molecule has 6 heteroatoms. The van der Waals surface area contributed by atoms with E-state index in [0.717, 1.165) is 28.9 Å². The Labute approximate surface area is 174 Å².